The molecule has 0 atom stereocenters. The highest BCUT2D eigenvalue weighted by Gasteiger charge is 2.03. The van der Waals surface area contributed by atoms with Crippen LogP contribution in [0.1, 0.15) is 39.0 Å². The molecule has 0 fully saturated rings. The summed E-state index contributed by atoms with van der Waals surface area (Å²) in [5.74, 6) is -0.567. The van der Waals surface area contributed by atoms with Gasteiger partial charge >= 0.3 is 11.9 Å². The summed E-state index contributed by atoms with van der Waals surface area (Å²) >= 11 is 0. The highest BCUT2D eigenvalue weighted by molar-refractivity contribution is 5.70. The van der Waals surface area contributed by atoms with E-state index in [9.17, 15) is 9.59 Å². The molecule has 0 saturated carbocycles. The van der Waals surface area contributed by atoms with E-state index >= 15 is 0 Å². The Morgan fingerprint density at radius 3 is 0.900 bits per heavy atom. The molecule has 0 radical (unpaired) electrons. The summed E-state index contributed by atoms with van der Waals surface area (Å²) in [6.45, 7) is 13.0. The average Bonchev–Trinajstić information content (AvgIpc) is 3.12. The van der Waals surface area contributed by atoms with E-state index in [4.69, 9.17) is 61.6 Å². The second-order valence-electron chi connectivity index (χ2n) is 10.4. The van der Waals surface area contributed by atoms with Crippen LogP contribution >= 0.6 is 0 Å². The molecule has 298 valence electrons. The number of ether oxygens (including phenoxy) is 14. The van der Waals surface area contributed by atoms with Gasteiger partial charge < -0.3 is 66.3 Å². The third-order valence-electron chi connectivity index (χ3n) is 6.26. The van der Waals surface area contributed by atoms with Gasteiger partial charge in [0.05, 0.1) is 159 Å². The van der Waals surface area contributed by atoms with E-state index in [0.29, 0.717) is 158 Å². The normalized spacial score (nSPS) is 11.3. The van der Waals surface area contributed by atoms with E-state index in [0.717, 1.165) is 25.7 Å². The van der Waals surface area contributed by atoms with Crippen LogP contribution in [0.4, 0.5) is 0 Å². The van der Waals surface area contributed by atoms with E-state index in [2.05, 4.69) is 11.7 Å². The first-order valence-corrected chi connectivity index (χ1v) is 17.9. The fraction of sp³-hybridized carbons (Fsp3) is 0.941. The van der Waals surface area contributed by atoms with Gasteiger partial charge in [-0.15, -0.1) is 0 Å². The molecule has 0 amide bonds. The Morgan fingerprint density at radius 2 is 0.620 bits per heavy atom. The highest BCUT2D eigenvalue weighted by atomic mass is 16.6. The van der Waals surface area contributed by atoms with E-state index in [1.165, 1.54) is 7.11 Å². The van der Waals surface area contributed by atoms with Gasteiger partial charge in [-0.1, -0.05) is 26.2 Å². The number of carbonyl (C=O) groups excluding carboxylic acids is 2. The predicted molar refractivity (Wildman–Crippen MR) is 182 cm³/mol. The Kier molecular flexibility index (Phi) is 42.3. The van der Waals surface area contributed by atoms with Crippen molar-refractivity contribution in [3.8, 4) is 0 Å². The lowest BCUT2D eigenvalue weighted by Gasteiger charge is -2.09. The Balaban J connectivity index is 3.09. The fourth-order valence-electron chi connectivity index (χ4n) is 3.62. The molecule has 0 spiro atoms. The summed E-state index contributed by atoms with van der Waals surface area (Å²) < 4.78 is 74.5. The minimum absolute atomic E-state index is 0.0740. The largest absolute Gasteiger partial charge is 0.467 e. The number of unbranched alkanes of at least 4 members (excludes halogenated alkanes) is 3. The molecule has 16 heteroatoms. The smallest absolute Gasteiger partial charge is 0.331 e. The summed E-state index contributed by atoms with van der Waals surface area (Å²) in [5, 5.41) is 0. The average molecular weight is 731 g/mol. The lowest BCUT2D eigenvalue weighted by Crippen LogP contribution is -2.16. The SMILES string of the molecule is CCCCCCC(=O)OCCOCCOCCOCCOCCOCCOCCOCCOCCOCCOCCOCCOCC(=O)OC. The van der Waals surface area contributed by atoms with Gasteiger partial charge in [0, 0.05) is 6.42 Å². The second-order valence-corrected chi connectivity index (χ2v) is 10.4. The molecule has 0 rings (SSSR count). The Labute approximate surface area is 299 Å². The van der Waals surface area contributed by atoms with Crippen molar-refractivity contribution in [1.82, 2.24) is 0 Å². The first-order valence-electron chi connectivity index (χ1n) is 17.9. The number of hydrogen-bond acceptors (Lipinski definition) is 16. The van der Waals surface area contributed by atoms with Crippen molar-refractivity contribution in [3.05, 3.63) is 0 Å². The summed E-state index contributed by atoms with van der Waals surface area (Å²) in [6.07, 6.45) is 4.74. The first-order chi connectivity index (χ1) is 24.7. The van der Waals surface area contributed by atoms with Crippen molar-refractivity contribution in [3.63, 3.8) is 0 Å². The summed E-state index contributed by atoms with van der Waals surface area (Å²) in [7, 11) is 1.31. The van der Waals surface area contributed by atoms with Gasteiger partial charge in [-0.05, 0) is 6.42 Å². The van der Waals surface area contributed by atoms with E-state index < -0.39 is 5.97 Å². The number of methoxy groups -OCH3 is 1. The van der Waals surface area contributed by atoms with Gasteiger partial charge in [-0.2, -0.15) is 0 Å². The molecule has 0 aliphatic rings. The number of rotatable bonds is 43. The van der Waals surface area contributed by atoms with Crippen LogP contribution in [0.2, 0.25) is 0 Å². The summed E-state index contributed by atoms with van der Waals surface area (Å²) in [6, 6.07) is 0. The van der Waals surface area contributed by atoms with Crippen molar-refractivity contribution in [2.45, 2.75) is 39.0 Å². The number of carbonyl (C=O) groups is 2. The summed E-state index contributed by atoms with van der Waals surface area (Å²) in [5.41, 5.74) is 0. The highest BCUT2D eigenvalue weighted by Crippen LogP contribution is 2.03. The predicted octanol–water partition coefficient (Wildman–Crippen LogP) is 1.87. The number of esters is 2. The Morgan fingerprint density at radius 1 is 0.340 bits per heavy atom. The van der Waals surface area contributed by atoms with Gasteiger partial charge in [0.15, 0.2) is 0 Å². The summed E-state index contributed by atoms with van der Waals surface area (Å²) in [4.78, 5) is 22.4. The van der Waals surface area contributed by atoms with Crippen LogP contribution in [-0.2, 0) is 75.9 Å². The zero-order valence-corrected chi connectivity index (χ0v) is 30.7. The molecule has 0 saturated heterocycles. The van der Waals surface area contributed by atoms with Gasteiger partial charge in [0.2, 0.25) is 0 Å². The van der Waals surface area contributed by atoms with Crippen LogP contribution in [0.3, 0.4) is 0 Å². The molecule has 0 aromatic heterocycles. The van der Waals surface area contributed by atoms with Crippen molar-refractivity contribution < 1.29 is 75.9 Å². The Hall–Kier alpha value is -1.54. The molecule has 0 unspecified atom stereocenters. The standard InChI is InChI=1S/C34H66O16/c1-3-4-5-6-7-33(35)50-31-30-48-27-26-46-23-22-44-19-18-42-15-14-40-11-10-38-8-9-39-12-13-41-16-17-43-20-21-45-24-25-47-28-29-49-32-34(36)37-2/h3-32H2,1-2H3. The van der Waals surface area contributed by atoms with Crippen molar-refractivity contribution >= 4 is 11.9 Å². The molecule has 0 N–H and O–H groups in total. The minimum Gasteiger partial charge on any atom is -0.467 e. The molecule has 0 aliphatic carbocycles. The molecule has 0 aliphatic heterocycles. The maximum Gasteiger partial charge on any atom is 0.331 e. The molecule has 50 heavy (non-hydrogen) atoms. The van der Waals surface area contributed by atoms with Crippen molar-refractivity contribution in [2.24, 2.45) is 0 Å². The van der Waals surface area contributed by atoms with E-state index in [1.54, 1.807) is 0 Å². The molecular weight excluding hydrogens is 664 g/mol. The third-order valence-corrected chi connectivity index (χ3v) is 6.26. The van der Waals surface area contributed by atoms with Crippen LogP contribution in [0.5, 0.6) is 0 Å². The quantitative estimate of drug-likeness (QED) is 0.0659. The maximum absolute atomic E-state index is 11.5. The second kappa shape index (κ2) is 43.6. The van der Waals surface area contributed by atoms with Crippen LogP contribution in [0, 0.1) is 0 Å². The fourth-order valence-corrected chi connectivity index (χ4v) is 3.62. The monoisotopic (exact) mass is 730 g/mol. The van der Waals surface area contributed by atoms with Gasteiger partial charge in [0.1, 0.15) is 13.2 Å². The van der Waals surface area contributed by atoms with Crippen LogP contribution in [-0.4, -0.2) is 184 Å². The zero-order valence-electron chi connectivity index (χ0n) is 30.7. The molecule has 16 nitrogen and oxygen atoms in total. The van der Waals surface area contributed by atoms with E-state index in [1.807, 2.05) is 0 Å². The molecular formula is C34H66O16. The lowest BCUT2D eigenvalue weighted by molar-refractivity contribution is -0.146. The van der Waals surface area contributed by atoms with Gasteiger partial charge in [-0.25, -0.2) is 4.79 Å². The van der Waals surface area contributed by atoms with Crippen LogP contribution in [0.15, 0.2) is 0 Å². The lowest BCUT2D eigenvalue weighted by atomic mass is 10.2. The van der Waals surface area contributed by atoms with Gasteiger partial charge in [-0.3, -0.25) is 4.79 Å². The zero-order chi connectivity index (χ0) is 36.3. The van der Waals surface area contributed by atoms with Crippen LogP contribution < -0.4 is 0 Å². The van der Waals surface area contributed by atoms with E-state index in [-0.39, 0.29) is 19.2 Å². The number of hydrogen-bond donors (Lipinski definition) is 0. The third kappa shape index (κ3) is 42.6. The van der Waals surface area contributed by atoms with Crippen LogP contribution in [0.25, 0.3) is 0 Å². The van der Waals surface area contributed by atoms with Gasteiger partial charge in [0.25, 0.3) is 0 Å². The minimum atomic E-state index is -0.411. The Bertz CT molecular complexity index is 688. The molecule has 0 aromatic carbocycles. The van der Waals surface area contributed by atoms with Crippen molar-refractivity contribution in [2.75, 3.05) is 172 Å². The topological polar surface area (TPSA) is 163 Å². The van der Waals surface area contributed by atoms with Crippen molar-refractivity contribution in [1.29, 1.82) is 0 Å². The molecule has 0 bridgehead atoms. The first kappa shape index (κ1) is 48.5. The molecule has 0 heterocycles. The molecule has 0 aromatic rings. The maximum atomic E-state index is 11.5.